The number of benzene rings is 3. The van der Waals surface area contributed by atoms with Gasteiger partial charge in [-0.2, -0.15) is 5.01 Å². The van der Waals surface area contributed by atoms with Crippen molar-refractivity contribution in [1.29, 1.82) is 0 Å². The molecule has 0 fully saturated rings. The molecule has 5 heteroatoms. The average Bonchev–Trinajstić information content (AvgIpc) is 3.00. The van der Waals surface area contributed by atoms with Gasteiger partial charge in [0.05, 0.1) is 17.2 Å². The molecule has 138 valence electrons. The van der Waals surface area contributed by atoms with Gasteiger partial charge in [-0.15, -0.1) is 11.0 Å². The van der Waals surface area contributed by atoms with E-state index in [2.05, 4.69) is 6.58 Å². The lowest BCUT2D eigenvalue weighted by atomic mass is 10.1. The van der Waals surface area contributed by atoms with Gasteiger partial charge >= 0.3 is 0 Å². The Morgan fingerprint density at radius 3 is 1.82 bits per heavy atom. The molecule has 1 aliphatic heterocycles. The maximum absolute atomic E-state index is 13.1. The summed E-state index contributed by atoms with van der Waals surface area (Å²) in [6.07, 6.45) is 1.74. The Morgan fingerprint density at radius 2 is 1.29 bits per heavy atom. The molecule has 3 aromatic rings. The molecular weight excluding hydrogens is 368 g/mol. The van der Waals surface area contributed by atoms with Gasteiger partial charge in [0, 0.05) is 4.90 Å². The summed E-state index contributed by atoms with van der Waals surface area (Å²) >= 11 is 1.34. The first-order valence-electron chi connectivity index (χ1n) is 8.88. The molecule has 1 unspecified atom stereocenters. The summed E-state index contributed by atoms with van der Waals surface area (Å²) in [6, 6.07) is 25.9. The van der Waals surface area contributed by atoms with E-state index in [-0.39, 0.29) is 17.9 Å². The summed E-state index contributed by atoms with van der Waals surface area (Å²) in [4.78, 5) is 27.1. The van der Waals surface area contributed by atoms with Crippen LogP contribution in [0.15, 0.2) is 102 Å². The molecule has 1 heterocycles. The van der Waals surface area contributed by atoms with Crippen molar-refractivity contribution < 1.29 is 9.59 Å². The largest absolute Gasteiger partial charge is 0.277 e. The number of fused-ring (bicyclic) bond motifs is 1. The van der Waals surface area contributed by atoms with Gasteiger partial charge < -0.3 is 0 Å². The molecule has 4 rings (SSSR count). The number of amides is 2. The van der Waals surface area contributed by atoms with E-state index in [1.807, 2.05) is 60.7 Å². The molecule has 4 nitrogen and oxygen atoms in total. The van der Waals surface area contributed by atoms with Crippen LogP contribution in [0.4, 0.5) is 0 Å². The highest BCUT2D eigenvalue weighted by atomic mass is 32.2. The highest BCUT2D eigenvalue weighted by Crippen LogP contribution is 2.38. The van der Waals surface area contributed by atoms with Crippen LogP contribution in [0.5, 0.6) is 0 Å². The zero-order valence-corrected chi connectivity index (χ0v) is 15.9. The zero-order chi connectivity index (χ0) is 19.5. The standard InChI is InChI=1S/C23H18N2O2S/c1-2-21(17-11-5-3-6-12-17)25(28-18-13-7-4-8-14-18)24-22(26)19-15-9-10-16-20(19)23(24)27/h2-16,21H,1H2. The molecule has 28 heavy (non-hydrogen) atoms. The third-order valence-electron chi connectivity index (χ3n) is 4.51. The molecule has 0 spiro atoms. The molecular formula is C23H18N2O2S. The molecule has 0 bridgehead atoms. The van der Waals surface area contributed by atoms with Crippen LogP contribution in [0.3, 0.4) is 0 Å². The predicted octanol–water partition coefficient (Wildman–Crippen LogP) is 5.13. The van der Waals surface area contributed by atoms with E-state index < -0.39 is 0 Å². The zero-order valence-electron chi connectivity index (χ0n) is 15.1. The van der Waals surface area contributed by atoms with Crippen molar-refractivity contribution in [2.45, 2.75) is 10.9 Å². The first-order chi connectivity index (χ1) is 13.7. The van der Waals surface area contributed by atoms with Crippen molar-refractivity contribution in [3.63, 3.8) is 0 Å². The number of hydrogen-bond donors (Lipinski definition) is 0. The highest BCUT2D eigenvalue weighted by Gasteiger charge is 2.42. The number of carbonyl (C=O) groups is 2. The van der Waals surface area contributed by atoms with Crippen molar-refractivity contribution in [3.05, 3.63) is 114 Å². The summed E-state index contributed by atoms with van der Waals surface area (Å²) in [5.41, 5.74) is 1.78. The Kier molecular flexibility index (Phi) is 5.10. The van der Waals surface area contributed by atoms with E-state index in [1.54, 1.807) is 34.8 Å². The second-order valence-electron chi connectivity index (χ2n) is 6.27. The number of rotatable bonds is 6. The third-order valence-corrected chi connectivity index (χ3v) is 5.57. The minimum Gasteiger partial charge on any atom is -0.267 e. The smallest absolute Gasteiger partial charge is 0.267 e. The fourth-order valence-electron chi connectivity index (χ4n) is 3.17. The minimum absolute atomic E-state index is 0.327. The predicted molar refractivity (Wildman–Crippen MR) is 110 cm³/mol. The molecule has 0 radical (unpaired) electrons. The summed E-state index contributed by atoms with van der Waals surface area (Å²) < 4.78 is 1.71. The Labute approximate surface area is 168 Å². The number of carbonyl (C=O) groups excluding carboxylic acids is 2. The maximum Gasteiger partial charge on any atom is 0.277 e. The van der Waals surface area contributed by atoms with Crippen molar-refractivity contribution in [1.82, 2.24) is 9.42 Å². The van der Waals surface area contributed by atoms with Gasteiger partial charge in [0.15, 0.2) is 0 Å². The normalized spacial score (nSPS) is 14.2. The van der Waals surface area contributed by atoms with E-state index in [1.165, 1.54) is 17.0 Å². The van der Waals surface area contributed by atoms with E-state index in [4.69, 9.17) is 0 Å². The van der Waals surface area contributed by atoms with Crippen molar-refractivity contribution in [2.24, 2.45) is 0 Å². The van der Waals surface area contributed by atoms with Crippen LogP contribution in [0.1, 0.15) is 32.3 Å². The van der Waals surface area contributed by atoms with Crippen LogP contribution in [0, 0.1) is 0 Å². The lowest BCUT2D eigenvalue weighted by Crippen LogP contribution is -2.43. The third kappa shape index (κ3) is 3.26. The van der Waals surface area contributed by atoms with Crippen LogP contribution in [0.2, 0.25) is 0 Å². The quantitative estimate of drug-likeness (QED) is 0.334. The van der Waals surface area contributed by atoms with E-state index in [0.717, 1.165) is 10.5 Å². The Morgan fingerprint density at radius 1 is 0.786 bits per heavy atom. The van der Waals surface area contributed by atoms with E-state index in [0.29, 0.717) is 11.1 Å². The molecule has 0 N–H and O–H groups in total. The molecule has 0 saturated carbocycles. The van der Waals surface area contributed by atoms with Crippen LogP contribution in [-0.4, -0.2) is 21.2 Å². The van der Waals surface area contributed by atoms with Gasteiger partial charge in [-0.1, -0.05) is 66.7 Å². The number of hydrogen-bond acceptors (Lipinski definition) is 4. The number of nitrogens with zero attached hydrogens (tertiary/aromatic N) is 2. The van der Waals surface area contributed by atoms with Crippen molar-refractivity contribution in [2.75, 3.05) is 0 Å². The van der Waals surface area contributed by atoms with Crippen LogP contribution >= 0.6 is 11.9 Å². The highest BCUT2D eigenvalue weighted by molar-refractivity contribution is 7.97. The van der Waals surface area contributed by atoms with Crippen LogP contribution < -0.4 is 0 Å². The lowest BCUT2D eigenvalue weighted by Gasteiger charge is -2.34. The Balaban J connectivity index is 1.78. The van der Waals surface area contributed by atoms with E-state index in [9.17, 15) is 9.59 Å². The average molecular weight is 386 g/mol. The molecule has 2 amide bonds. The van der Waals surface area contributed by atoms with Crippen molar-refractivity contribution >= 4 is 23.8 Å². The van der Waals surface area contributed by atoms with E-state index >= 15 is 0 Å². The van der Waals surface area contributed by atoms with Crippen LogP contribution in [-0.2, 0) is 0 Å². The molecule has 0 saturated heterocycles. The minimum atomic E-state index is -0.367. The summed E-state index contributed by atoms with van der Waals surface area (Å²) in [5.74, 6) is -0.654. The lowest BCUT2D eigenvalue weighted by molar-refractivity contribution is 0.0307. The van der Waals surface area contributed by atoms with Crippen molar-refractivity contribution in [3.8, 4) is 0 Å². The Bertz CT molecular complexity index is 986. The summed E-state index contributed by atoms with van der Waals surface area (Å²) in [5, 5.41) is 1.22. The first kappa shape index (κ1) is 18.2. The second kappa shape index (κ2) is 7.84. The fraction of sp³-hybridized carbons (Fsp3) is 0.0435. The Hall–Kier alpha value is -3.15. The van der Waals surface area contributed by atoms with Gasteiger partial charge in [-0.3, -0.25) is 9.59 Å². The summed E-state index contributed by atoms with van der Waals surface area (Å²) in [7, 11) is 0. The topological polar surface area (TPSA) is 40.6 Å². The van der Waals surface area contributed by atoms with Gasteiger partial charge in [0.1, 0.15) is 0 Å². The number of imide groups is 1. The molecule has 1 aliphatic rings. The number of hydrazine groups is 1. The molecule has 1 atom stereocenters. The summed E-state index contributed by atoms with van der Waals surface area (Å²) in [6.45, 7) is 3.97. The van der Waals surface area contributed by atoms with Crippen LogP contribution in [0.25, 0.3) is 0 Å². The van der Waals surface area contributed by atoms with Gasteiger partial charge in [-0.25, -0.2) is 0 Å². The van der Waals surface area contributed by atoms with Gasteiger partial charge in [-0.05, 0) is 41.8 Å². The van der Waals surface area contributed by atoms with Gasteiger partial charge in [0.2, 0.25) is 0 Å². The first-order valence-corrected chi connectivity index (χ1v) is 9.65. The maximum atomic E-state index is 13.1. The monoisotopic (exact) mass is 386 g/mol. The molecule has 3 aromatic carbocycles. The SMILES string of the molecule is C=CC(c1ccccc1)N(Sc1ccccc1)N1C(=O)c2ccccc2C1=O. The molecule has 0 aromatic heterocycles. The molecule has 0 aliphatic carbocycles. The fourth-order valence-corrected chi connectivity index (χ4v) is 4.22. The van der Waals surface area contributed by atoms with Gasteiger partial charge in [0.25, 0.3) is 11.8 Å². The second-order valence-corrected chi connectivity index (χ2v) is 7.29.